The van der Waals surface area contributed by atoms with Crippen LogP contribution in [0.25, 0.3) is 0 Å². The first-order valence-corrected chi connectivity index (χ1v) is 7.26. The topological polar surface area (TPSA) is 55.4 Å². The summed E-state index contributed by atoms with van der Waals surface area (Å²) in [5, 5.41) is 0.227. The van der Waals surface area contributed by atoms with Crippen molar-refractivity contribution in [1.29, 1.82) is 0 Å². The largest absolute Gasteiger partial charge is 0.382 e. The van der Waals surface area contributed by atoms with Gasteiger partial charge in [0.05, 0.1) is 5.02 Å². The van der Waals surface area contributed by atoms with E-state index >= 15 is 0 Å². The Labute approximate surface area is 107 Å². The molecule has 4 nitrogen and oxygen atoms in total. The Hall–Kier alpha value is -0.620. The second-order valence-corrected chi connectivity index (χ2v) is 5.52. The molecule has 96 valence electrons. The molecule has 0 unspecified atom stereocenters. The molecule has 1 N–H and O–H groups in total. The summed E-state index contributed by atoms with van der Waals surface area (Å²) in [7, 11) is -3.52. The molecule has 0 saturated heterocycles. The van der Waals surface area contributed by atoms with E-state index in [4.69, 9.17) is 16.3 Å². The molecule has 0 bridgehead atoms. The van der Waals surface area contributed by atoms with E-state index in [1.807, 2.05) is 6.92 Å². The number of benzene rings is 1. The van der Waals surface area contributed by atoms with Crippen molar-refractivity contribution in [3.8, 4) is 0 Å². The van der Waals surface area contributed by atoms with E-state index in [0.29, 0.717) is 26.2 Å². The predicted molar refractivity (Wildman–Crippen MR) is 67.8 cm³/mol. The molecule has 0 aliphatic rings. The van der Waals surface area contributed by atoms with Gasteiger partial charge in [-0.05, 0) is 25.5 Å². The van der Waals surface area contributed by atoms with Gasteiger partial charge in [0, 0.05) is 19.8 Å². The van der Waals surface area contributed by atoms with Crippen molar-refractivity contribution < 1.29 is 13.2 Å². The Bertz CT molecular complexity index is 448. The van der Waals surface area contributed by atoms with Gasteiger partial charge in [-0.3, -0.25) is 0 Å². The summed E-state index contributed by atoms with van der Waals surface area (Å²) in [6.07, 6.45) is 0.636. The highest BCUT2D eigenvalue weighted by Gasteiger charge is 2.16. The van der Waals surface area contributed by atoms with E-state index in [1.54, 1.807) is 18.2 Å². The molecule has 0 aromatic heterocycles. The number of rotatable bonds is 7. The van der Waals surface area contributed by atoms with E-state index in [2.05, 4.69) is 4.72 Å². The molecule has 0 fully saturated rings. The van der Waals surface area contributed by atoms with Crippen LogP contribution < -0.4 is 4.72 Å². The molecule has 0 saturated carbocycles. The molecule has 0 aliphatic carbocycles. The van der Waals surface area contributed by atoms with Crippen molar-refractivity contribution in [3.63, 3.8) is 0 Å². The van der Waals surface area contributed by atoms with Gasteiger partial charge in [-0.15, -0.1) is 0 Å². The minimum absolute atomic E-state index is 0.109. The maximum absolute atomic E-state index is 11.8. The van der Waals surface area contributed by atoms with Crippen molar-refractivity contribution in [2.45, 2.75) is 18.2 Å². The molecule has 0 atom stereocenters. The SMILES string of the molecule is CCOCCCNS(=O)(=O)c1ccccc1Cl. The molecule has 1 aromatic rings. The van der Waals surface area contributed by atoms with Crippen LogP contribution in [0.2, 0.25) is 5.02 Å². The fourth-order valence-corrected chi connectivity index (χ4v) is 2.86. The van der Waals surface area contributed by atoms with Crippen molar-refractivity contribution in [3.05, 3.63) is 29.3 Å². The lowest BCUT2D eigenvalue weighted by atomic mass is 10.4. The average molecular weight is 278 g/mol. The van der Waals surface area contributed by atoms with E-state index < -0.39 is 10.0 Å². The third-order valence-corrected chi connectivity index (χ3v) is 4.05. The standard InChI is InChI=1S/C11H16ClNO3S/c1-2-16-9-5-8-13-17(14,15)11-7-4-3-6-10(11)12/h3-4,6-7,13H,2,5,8-9H2,1H3. The first kappa shape index (κ1) is 14.4. The highest BCUT2D eigenvalue weighted by atomic mass is 35.5. The smallest absolute Gasteiger partial charge is 0.242 e. The third kappa shape index (κ3) is 4.63. The normalized spacial score (nSPS) is 11.6. The second kappa shape index (κ2) is 6.96. The highest BCUT2D eigenvalue weighted by molar-refractivity contribution is 7.89. The van der Waals surface area contributed by atoms with Crippen LogP contribution in [0.3, 0.4) is 0 Å². The van der Waals surface area contributed by atoms with Crippen LogP contribution in [0, 0.1) is 0 Å². The Morgan fingerprint density at radius 1 is 1.35 bits per heavy atom. The highest BCUT2D eigenvalue weighted by Crippen LogP contribution is 2.19. The molecule has 0 heterocycles. The third-order valence-electron chi connectivity index (χ3n) is 2.09. The summed E-state index contributed by atoms with van der Waals surface area (Å²) in [4.78, 5) is 0.109. The molecule has 0 radical (unpaired) electrons. The molecule has 17 heavy (non-hydrogen) atoms. The summed E-state index contributed by atoms with van der Waals surface area (Å²) in [6, 6.07) is 6.36. The summed E-state index contributed by atoms with van der Waals surface area (Å²) in [5.41, 5.74) is 0. The number of hydrogen-bond donors (Lipinski definition) is 1. The van der Waals surface area contributed by atoms with Crippen molar-refractivity contribution in [2.75, 3.05) is 19.8 Å². The lowest BCUT2D eigenvalue weighted by Gasteiger charge is -2.07. The van der Waals surface area contributed by atoms with Gasteiger partial charge in [0.2, 0.25) is 10.0 Å². The maximum atomic E-state index is 11.8. The number of hydrogen-bond acceptors (Lipinski definition) is 3. The van der Waals surface area contributed by atoms with Crippen LogP contribution in [0.4, 0.5) is 0 Å². The fourth-order valence-electron chi connectivity index (χ4n) is 1.27. The van der Waals surface area contributed by atoms with Crippen LogP contribution >= 0.6 is 11.6 Å². The summed E-state index contributed by atoms with van der Waals surface area (Å²) in [5.74, 6) is 0. The minimum atomic E-state index is -3.52. The van der Waals surface area contributed by atoms with Crippen molar-refractivity contribution in [1.82, 2.24) is 4.72 Å². The zero-order valence-electron chi connectivity index (χ0n) is 9.65. The zero-order chi connectivity index (χ0) is 12.7. The van der Waals surface area contributed by atoms with Gasteiger partial charge in [-0.25, -0.2) is 13.1 Å². The lowest BCUT2D eigenvalue weighted by molar-refractivity contribution is 0.146. The van der Waals surface area contributed by atoms with Crippen LogP contribution in [0.15, 0.2) is 29.2 Å². The number of ether oxygens (including phenoxy) is 1. The Morgan fingerprint density at radius 3 is 2.71 bits per heavy atom. The lowest BCUT2D eigenvalue weighted by Crippen LogP contribution is -2.25. The number of sulfonamides is 1. The van der Waals surface area contributed by atoms with E-state index in [1.165, 1.54) is 6.07 Å². The predicted octanol–water partition coefficient (Wildman–Crippen LogP) is 2.04. The zero-order valence-corrected chi connectivity index (χ0v) is 11.2. The van der Waals surface area contributed by atoms with Crippen LogP contribution in [-0.4, -0.2) is 28.2 Å². The van der Waals surface area contributed by atoms with Crippen LogP contribution in [-0.2, 0) is 14.8 Å². The van der Waals surface area contributed by atoms with Gasteiger partial charge >= 0.3 is 0 Å². The maximum Gasteiger partial charge on any atom is 0.242 e. The van der Waals surface area contributed by atoms with Gasteiger partial charge in [-0.1, -0.05) is 23.7 Å². The molecule has 0 spiro atoms. The van der Waals surface area contributed by atoms with E-state index in [9.17, 15) is 8.42 Å². The average Bonchev–Trinajstić information content (AvgIpc) is 2.29. The molecule has 0 amide bonds. The fraction of sp³-hybridized carbons (Fsp3) is 0.455. The minimum Gasteiger partial charge on any atom is -0.382 e. The molecular weight excluding hydrogens is 262 g/mol. The summed E-state index contributed by atoms with van der Waals surface area (Å²) < 4.78 is 31.3. The van der Waals surface area contributed by atoms with E-state index in [0.717, 1.165) is 0 Å². The molecule has 6 heteroatoms. The first-order valence-electron chi connectivity index (χ1n) is 5.40. The van der Waals surface area contributed by atoms with Gasteiger partial charge in [0.25, 0.3) is 0 Å². The Balaban J connectivity index is 2.55. The van der Waals surface area contributed by atoms with Crippen LogP contribution in [0.1, 0.15) is 13.3 Å². The van der Waals surface area contributed by atoms with Gasteiger partial charge in [0.1, 0.15) is 4.90 Å². The van der Waals surface area contributed by atoms with Crippen molar-refractivity contribution >= 4 is 21.6 Å². The Kier molecular flexibility index (Phi) is 5.91. The number of halogens is 1. The van der Waals surface area contributed by atoms with Gasteiger partial charge in [0.15, 0.2) is 0 Å². The first-order chi connectivity index (χ1) is 8.08. The monoisotopic (exact) mass is 277 g/mol. The molecule has 0 aliphatic heterocycles. The molecule has 1 rings (SSSR count). The van der Waals surface area contributed by atoms with E-state index in [-0.39, 0.29) is 9.92 Å². The quantitative estimate of drug-likeness (QED) is 0.776. The summed E-state index contributed by atoms with van der Waals surface area (Å²) >= 11 is 5.83. The van der Waals surface area contributed by atoms with Gasteiger partial charge in [-0.2, -0.15) is 0 Å². The Morgan fingerprint density at radius 2 is 2.06 bits per heavy atom. The van der Waals surface area contributed by atoms with Crippen LogP contribution in [0.5, 0.6) is 0 Å². The summed E-state index contributed by atoms with van der Waals surface area (Å²) in [6.45, 7) is 3.42. The molecular formula is C11H16ClNO3S. The second-order valence-electron chi connectivity index (χ2n) is 3.38. The molecule has 1 aromatic carbocycles. The van der Waals surface area contributed by atoms with Crippen molar-refractivity contribution in [2.24, 2.45) is 0 Å². The van der Waals surface area contributed by atoms with Gasteiger partial charge < -0.3 is 4.74 Å². The number of nitrogens with one attached hydrogen (secondary N) is 1.